The van der Waals surface area contributed by atoms with Crippen LogP contribution in [0, 0.1) is 17.8 Å². The molecule has 0 aromatic rings. The van der Waals surface area contributed by atoms with Gasteiger partial charge in [-0.05, 0) is 49.9 Å². The van der Waals surface area contributed by atoms with Crippen LogP contribution in [-0.4, -0.2) is 53.6 Å². The van der Waals surface area contributed by atoms with Gasteiger partial charge in [-0.1, -0.05) is 0 Å². The van der Waals surface area contributed by atoms with Crippen molar-refractivity contribution in [2.24, 2.45) is 17.8 Å². The Morgan fingerprint density at radius 1 is 1.16 bits per heavy atom. The van der Waals surface area contributed by atoms with E-state index in [0.29, 0.717) is 25.2 Å². The number of alkyl halides is 2. The van der Waals surface area contributed by atoms with E-state index in [1.54, 1.807) is 0 Å². The van der Waals surface area contributed by atoms with Crippen LogP contribution in [0.4, 0.5) is 8.78 Å². The summed E-state index contributed by atoms with van der Waals surface area (Å²) in [6, 6.07) is 0. The van der Waals surface area contributed by atoms with Gasteiger partial charge in [-0.15, -0.1) is 0 Å². The van der Waals surface area contributed by atoms with Gasteiger partial charge in [0.2, 0.25) is 0 Å². The zero-order chi connectivity index (χ0) is 18.6. The van der Waals surface area contributed by atoms with Crippen molar-refractivity contribution in [1.29, 1.82) is 0 Å². The van der Waals surface area contributed by atoms with Crippen LogP contribution in [0.15, 0.2) is 0 Å². The molecule has 0 aromatic carbocycles. The number of esters is 2. The van der Waals surface area contributed by atoms with Crippen molar-refractivity contribution < 1.29 is 45.9 Å². The van der Waals surface area contributed by atoms with E-state index in [2.05, 4.69) is 4.74 Å². The van der Waals surface area contributed by atoms with E-state index in [1.165, 1.54) is 0 Å². The van der Waals surface area contributed by atoms with Crippen LogP contribution in [0.1, 0.15) is 32.1 Å². The average molecular weight is 384 g/mol. The number of aliphatic hydroxyl groups excluding tert-OH is 1. The first-order valence-electron chi connectivity index (χ1n) is 7.85. The summed E-state index contributed by atoms with van der Waals surface area (Å²) in [4.78, 5) is 22.9. The normalized spacial score (nSPS) is 37.0. The van der Waals surface area contributed by atoms with Crippen molar-refractivity contribution in [3.05, 3.63) is 0 Å². The van der Waals surface area contributed by atoms with Crippen molar-refractivity contribution in [3.8, 4) is 0 Å². The quantitative estimate of drug-likeness (QED) is 0.518. The Labute approximate surface area is 142 Å². The van der Waals surface area contributed by atoms with Crippen molar-refractivity contribution in [2.45, 2.75) is 49.1 Å². The summed E-state index contributed by atoms with van der Waals surface area (Å²) in [7, 11) is -5.99. The number of carbonyl (C=O) groups is 2. The van der Waals surface area contributed by atoms with Crippen molar-refractivity contribution in [1.82, 2.24) is 0 Å². The fourth-order valence-electron chi connectivity index (χ4n) is 4.63. The Bertz CT molecular complexity index is 675. The van der Waals surface area contributed by atoms with Crippen LogP contribution in [0.5, 0.6) is 0 Å². The Kier molecular flexibility index (Phi) is 4.32. The number of aliphatic hydroxyl groups is 1. The molecule has 2 N–H and O–H groups in total. The second-order valence-corrected chi connectivity index (χ2v) is 8.65. The molecule has 4 bridgehead atoms. The lowest BCUT2D eigenvalue weighted by molar-refractivity contribution is -0.210. The summed E-state index contributed by atoms with van der Waals surface area (Å²) in [5.41, 5.74) is -0.801. The highest BCUT2D eigenvalue weighted by Gasteiger charge is 2.57. The van der Waals surface area contributed by atoms with Crippen LogP contribution in [0.25, 0.3) is 0 Å². The van der Waals surface area contributed by atoms with E-state index < -0.39 is 45.6 Å². The molecule has 0 radical (unpaired) electrons. The van der Waals surface area contributed by atoms with Crippen LogP contribution in [0.3, 0.4) is 0 Å². The lowest BCUT2D eigenvalue weighted by atomic mass is 9.53. The van der Waals surface area contributed by atoms with Gasteiger partial charge in [0.15, 0.2) is 6.61 Å². The molecule has 4 fully saturated rings. The number of rotatable bonds is 5. The van der Waals surface area contributed by atoms with Crippen LogP contribution in [0.2, 0.25) is 0 Å². The van der Waals surface area contributed by atoms with E-state index in [0.717, 1.165) is 12.8 Å². The molecule has 4 saturated carbocycles. The van der Waals surface area contributed by atoms with E-state index in [4.69, 9.17) is 9.29 Å². The number of hydrogen-bond acceptors (Lipinski definition) is 7. The zero-order valence-corrected chi connectivity index (χ0v) is 13.9. The summed E-state index contributed by atoms with van der Waals surface area (Å²) in [5, 5.41) is 4.99. The Morgan fingerprint density at radius 3 is 2.24 bits per heavy atom. The average Bonchev–Trinajstić information content (AvgIpc) is 2.47. The number of hydrogen-bond donors (Lipinski definition) is 2. The molecular weight excluding hydrogens is 366 g/mol. The molecule has 4 aliphatic carbocycles. The zero-order valence-electron chi connectivity index (χ0n) is 13.1. The minimum absolute atomic E-state index is 0.0189. The minimum atomic E-state index is -5.99. The standard InChI is InChI=1S/C14H18F2O8S/c15-14(16,25(20,21)22)12(19)23-6-10(17)24-13-3-7-1-8(4-13)11(18)9(2-7)5-13/h7-9,11,18H,1-6H2,(H,20,21,22). The molecule has 4 aliphatic rings. The maximum atomic E-state index is 13.0. The molecule has 0 aromatic heterocycles. The lowest BCUT2D eigenvalue weighted by Crippen LogP contribution is -2.58. The molecular formula is C14H18F2O8S. The molecule has 2 atom stereocenters. The first kappa shape index (κ1) is 18.5. The van der Waals surface area contributed by atoms with Crippen LogP contribution < -0.4 is 0 Å². The number of carbonyl (C=O) groups excluding carboxylic acids is 2. The van der Waals surface area contributed by atoms with Crippen molar-refractivity contribution in [2.75, 3.05) is 6.61 Å². The minimum Gasteiger partial charge on any atom is -0.457 e. The van der Waals surface area contributed by atoms with Gasteiger partial charge in [0.1, 0.15) is 5.60 Å². The molecule has 0 saturated heterocycles. The maximum absolute atomic E-state index is 13.0. The third kappa shape index (κ3) is 3.24. The van der Waals surface area contributed by atoms with Gasteiger partial charge in [-0.25, -0.2) is 9.59 Å². The molecule has 0 heterocycles. The first-order valence-corrected chi connectivity index (χ1v) is 9.29. The summed E-state index contributed by atoms with van der Waals surface area (Å²) in [6.07, 6.45) is 2.80. The lowest BCUT2D eigenvalue weighted by Gasteiger charge is -2.57. The summed E-state index contributed by atoms with van der Waals surface area (Å²) in [5.74, 6) is -3.26. The molecule has 8 nitrogen and oxygen atoms in total. The highest BCUT2D eigenvalue weighted by Crippen LogP contribution is 2.57. The van der Waals surface area contributed by atoms with Crippen LogP contribution >= 0.6 is 0 Å². The Balaban J connectivity index is 1.58. The third-order valence-electron chi connectivity index (χ3n) is 5.38. The topological polar surface area (TPSA) is 127 Å². The molecule has 142 valence electrons. The largest absolute Gasteiger partial charge is 0.465 e. The smallest absolute Gasteiger partial charge is 0.457 e. The van der Waals surface area contributed by atoms with Crippen molar-refractivity contribution in [3.63, 3.8) is 0 Å². The predicted octanol–water partition coefficient (Wildman–Crippen LogP) is 0.493. The molecule has 2 unspecified atom stereocenters. The van der Waals surface area contributed by atoms with Crippen molar-refractivity contribution >= 4 is 22.1 Å². The van der Waals surface area contributed by atoms with Gasteiger partial charge >= 0.3 is 27.3 Å². The molecule has 4 rings (SSSR count). The summed E-state index contributed by atoms with van der Waals surface area (Å²) in [6.45, 7) is -1.19. The van der Waals surface area contributed by atoms with Gasteiger partial charge in [-0.3, -0.25) is 4.55 Å². The van der Waals surface area contributed by atoms with Gasteiger partial charge in [0, 0.05) is 0 Å². The second kappa shape index (κ2) is 5.85. The Morgan fingerprint density at radius 2 is 1.72 bits per heavy atom. The van der Waals surface area contributed by atoms with Gasteiger partial charge in [0.05, 0.1) is 6.10 Å². The monoisotopic (exact) mass is 384 g/mol. The maximum Gasteiger partial charge on any atom is 0.465 e. The van der Waals surface area contributed by atoms with E-state index in [1.807, 2.05) is 0 Å². The molecule has 0 amide bonds. The fraction of sp³-hybridized carbons (Fsp3) is 0.857. The van der Waals surface area contributed by atoms with E-state index in [-0.39, 0.29) is 11.8 Å². The molecule has 11 heteroatoms. The number of ether oxygens (including phenoxy) is 2. The van der Waals surface area contributed by atoms with E-state index >= 15 is 0 Å². The highest BCUT2D eigenvalue weighted by atomic mass is 32.2. The predicted molar refractivity (Wildman–Crippen MR) is 75.8 cm³/mol. The SMILES string of the molecule is O=C(COC(=O)C(F)(F)S(=O)(=O)O)OC12CC3CC(C1)C(O)C(C3)C2. The van der Waals surface area contributed by atoms with Gasteiger partial charge in [0.25, 0.3) is 0 Å². The molecule has 0 aliphatic heterocycles. The highest BCUT2D eigenvalue weighted by molar-refractivity contribution is 7.87. The van der Waals surface area contributed by atoms with Gasteiger partial charge < -0.3 is 14.6 Å². The van der Waals surface area contributed by atoms with Crippen LogP contribution in [-0.2, 0) is 29.2 Å². The summed E-state index contributed by atoms with van der Waals surface area (Å²) >= 11 is 0. The molecule has 0 spiro atoms. The Hall–Kier alpha value is -1.33. The third-order valence-corrected chi connectivity index (χ3v) is 6.19. The first-order chi connectivity index (χ1) is 11.4. The van der Waals surface area contributed by atoms with Gasteiger partial charge in [-0.2, -0.15) is 17.2 Å². The fourth-order valence-corrected chi connectivity index (χ4v) is 4.90. The van der Waals surface area contributed by atoms with E-state index in [9.17, 15) is 31.9 Å². The molecule has 25 heavy (non-hydrogen) atoms. The second-order valence-electron chi connectivity index (χ2n) is 7.19. The number of halogens is 2. The summed E-state index contributed by atoms with van der Waals surface area (Å²) < 4.78 is 64.6.